The number of amides is 2. The third-order valence-corrected chi connectivity index (χ3v) is 4.30. The highest BCUT2D eigenvalue weighted by Crippen LogP contribution is 2.07. The lowest BCUT2D eigenvalue weighted by Crippen LogP contribution is -2.55. The van der Waals surface area contributed by atoms with Crippen molar-refractivity contribution in [2.45, 2.75) is 51.2 Å². The summed E-state index contributed by atoms with van der Waals surface area (Å²) in [5.41, 5.74) is 16.4. The SMILES string of the molecule is CCC(C)C(N)C(=O)NC(CCCN=C(N)N)C(=O)NC(CS)C(=O)O. The van der Waals surface area contributed by atoms with Crippen LogP contribution in [0.2, 0.25) is 0 Å². The molecule has 0 fully saturated rings. The number of carboxylic acids is 1. The maximum atomic E-state index is 12.4. The van der Waals surface area contributed by atoms with E-state index >= 15 is 0 Å². The molecule has 0 aromatic rings. The number of nitrogens with two attached hydrogens (primary N) is 3. The van der Waals surface area contributed by atoms with Crippen LogP contribution in [0.15, 0.2) is 4.99 Å². The predicted molar refractivity (Wildman–Crippen MR) is 103 cm³/mol. The van der Waals surface area contributed by atoms with Crippen molar-refractivity contribution in [3.8, 4) is 0 Å². The molecule has 4 unspecified atom stereocenters. The van der Waals surface area contributed by atoms with Gasteiger partial charge in [-0.1, -0.05) is 20.3 Å². The highest BCUT2D eigenvalue weighted by Gasteiger charge is 2.28. The molecular weight excluding hydrogens is 360 g/mol. The van der Waals surface area contributed by atoms with Gasteiger partial charge in [0.1, 0.15) is 12.1 Å². The van der Waals surface area contributed by atoms with Crippen LogP contribution in [0.25, 0.3) is 0 Å². The maximum absolute atomic E-state index is 12.4. The molecule has 0 aliphatic heterocycles. The molecule has 0 heterocycles. The van der Waals surface area contributed by atoms with Gasteiger partial charge in [0.05, 0.1) is 6.04 Å². The fourth-order valence-corrected chi connectivity index (χ4v) is 2.26. The Balaban J connectivity index is 5.03. The first kappa shape index (κ1) is 24.0. The third-order valence-electron chi connectivity index (χ3n) is 3.94. The van der Waals surface area contributed by atoms with Crippen molar-refractivity contribution in [1.29, 1.82) is 0 Å². The van der Waals surface area contributed by atoms with Crippen LogP contribution in [-0.4, -0.2) is 59.3 Å². The number of nitrogens with zero attached hydrogens (tertiary/aromatic N) is 1. The monoisotopic (exact) mass is 390 g/mol. The predicted octanol–water partition coefficient (Wildman–Crippen LogP) is -1.60. The molecule has 0 saturated carbocycles. The average Bonchev–Trinajstić information content (AvgIpc) is 2.59. The summed E-state index contributed by atoms with van der Waals surface area (Å²) in [6.07, 6.45) is 1.34. The summed E-state index contributed by atoms with van der Waals surface area (Å²) >= 11 is 3.90. The normalized spacial score (nSPS) is 15.2. The molecule has 9 N–H and O–H groups in total. The zero-order valence-electron chi connectivity index (χ0n) is 15.1. The molecule has 2 amide bonds. The van der Waals surface area contributed by atoms with Crippen LogP contribution in [0.3, 0.4) is 0 Å². The van der Waals surface area contributed by atoms with Crippen LogP contribution >= 0.6 is 12.6 Å². The summed E-state index contributed by atoms with van der Waals surface area (Å²) in [6, 6.07) is -2.88. The number of aliphatic imine (C=N–C) groups is 1. The lowest BCUT2D eigenvalue weighted by atomic mass is 9.98. The molecule has 0 saturated heterocycles. The number of guanidine groups is 1. The number of nitrogens with one attached hydrogen (secondary N) is 2. The third kappa shape index (κ3) is 8.90. The van der Waals surface area contributed by atoms with E-state index in [1.807, 2.05) is 13.8 Å². The van der Waals surface area contributed by atoms with Gasteiger partial charge in [-0.2, -0.15) is 12.6 Å². The van der Waals surface area contributed by atoms with Crippen LogP contribution in [0, 0.1) is 5.92 Å². The van der Waals surface area contributed by atoms with Gasteiger partial charge in [-0.15, -0.1) is 0 Å². The topological polar surface area (TPSA) is 186 Å². The van der Waals surface area contributed by atoms with Crippen LogP contribution in [-0.2, 0) is 14.4 Å². The Morgan fingerprint density at radius 3 is 2.19 bits per heavy atom. The van der Waals surface area contributed by atoms with E-state index in [0.29, 0.717) is 12.8 Å². The highest BCUT2D eigenvalue weighted by atomic mass is 32.1. The number of hydrogen-bond donors (Lipinski definition) is 7. The van der Waals surface area contributed by atoms with E-state index in [1.165, 1.54) is 0 Å². The summed E-state index contributed by atoms with van der Waals surface area (Å²) < 4.78 is 0. The number of hydrogen-bond acceptors (Lipinski definition) is 6. The van der Waals surface area contributed by atoms with Gasteiger partial charge in [-0.25, -0.2) is 4.79 Å². The smallest absolute Gasteiger partial charge is 0.327 e. The molecular formula is C15H30N6O4S. The molecule has 0 aromatic heterocycles. The lowest BCUT2D eigenvalue weighted by molar-refractivity contribution is -0.141. The van der Waals surface area contributed by atoms with Gasteiger partial charge in [0, 0.05) is 12.3 Å². The van der Waals surface area contributed by atoms with Gasteiger partial charge in [0.15, 0.2) is 5.96 Å². The average molecular weight is 391 g/mol. The maximum Gasteiger partial charge on any atom is 0.327 e. The molecule has 0 spiro atoms. The zero-order chi connectivity index (χ0) is 20.3. The zero-order valence-corrected chi connectivity index (χ0v) is 16.0. The molecule has 26 heavy (non-hydrogen) atoms. The Morgan fingerprint density at radius 2 is 1.73 bits per heavy atom. The second-order valence-electron chi connectivity index (χ2n) is 6.00. The van der Waals surface area contributed by atoms with E-state index in [4.69, 9.17) is 22.3 Å². The van der Waals surface area contributed by atoms with Gasteiger partial charge in [-0.05, 0) is 18.8 Å². The first-order valence-electron chi connectivity index (χ1n) is 8.39. The molecule has 4 atom stereocenters. The molecule has 0 radical (unpaired) electrons. The summed E-state index contributed by atoms with van der Waals surface area (Å²) in [4.78, 5) is 39.5. The number of thiol groups is 1. The van der Waals surface area contributed by atoms with E-state index in [1.54, 1.807) is 0 Å². The summed E-state index contributed by atoms with van der Waals surface area (Å²) in [5, 5.41) is 14.0. The first-order valence-corrected chi connectivity index (χ1v) is 9.02. The number of aliphatic carboxylic acids is 1. The minimum absolute atomic E-state index is 0.0652. The van der Waals surface area contributed by atoms with Gasteiger partial charge >= 0.3 is 5.97 Å². The Hall–Kier alpha value is -2.01. The van der Waals surface area contributed by atoms with E-state index in [9.17, 15) is 14.4 Å². The van der Waals surface area contributed by atoms with Gasteiger partial charge in [-0.3, -0.25) is 14.6 Å². The second kappa shape index (κ2) is 12.4. The number of carbonyl (C=O) groups excluding carboxylic acids is 2. The molecule has 0 bridgehead atoms. The van der Waals surface area contributed by atoms with Gasteiger partial charge in [0.25, 0.3) is 0 Å². The largest absolute Gasteiger partial charge is 0.480 e. The summed E-state index contributed by atoms with van der Waals surface area (Å²) in [6.45, 7) is 4.01. The Morgan fingerprint density at radius 1 is 1.15 bits per heavy atom. The minimum atomic E-state index is -1.21. The number of carboxylic acid groups (broad SMARTS) is 1. The molecule has 0 aromatic carbocycles. The van der Waals surface area contributed by atoms with Crippen molar-refractivity contribution >= 4 is 36.4 Å². The van der Waals surface area contributed by atoms with Crippen molar-refractivity contribution in [2.24, 2.45) is 28.1 Å². The quantitative estimate of drug-likeness (QED) is 0.0904. The van der Waals surface area contributed by atoms with Crippen molar-refractivity contribution in [3.05, 3.63) is 0 Å². The summed E-state index contributed by atoms with van der Waals surface area (Å²) in [5.74, 6) is -2.53. The molecule has 0 aliphatic carbocycles. The van der Waals surface area contributed by atoms with E-state index in [-0.39, 0.29) is 30.6 Å². The van der Waals surface area contributed by atoms with Gasteiger partial charge < -0.3 is 32.9 Å². The molecule has 10 nitrogen and oxygen atoms in total. The molecule has 0 rings (SSSR count). The highest BCUT2D eigenvalue weighted by molar-refractivity contribution is 7.80. The van der Waals surface area contributed by atoms with Crippen molar-refractivity contribution in [1.82, 2.24) is 10.6 Å². The van der Waals surface area contributed by atoms with Crippen LogP contribution < -0.4 is 27.8 Å². The Kier molecular flexibility index (Phi) is 11.4. The molecule has 150 valence electrons. The van der Waals surface area contributed by atoms with Crippen molar-refractivity contribution in [2.75, 3.05) is 12.3 Å². The van der Waals surface area contributed by atoms with Crippen molar-refractivity contribution < 1.29 is 19.5 Å². The standard InChI is InChI=1S/C15H30N6O4S/c1-3-8(2)11(16)13(23)20-9(5-4-6-19-15(17)18)12(22)21-10(7-26)14(24)25/h8-11,26H,3-7,16H2,1-2H3,(H,20,23)(H,21,22)(H,24,25)(H4,17,18,19). The Bertz CT molecular complexity index is 512. The minimum Gasteiger partial charge on any atom is -0.480 e. The van der Waals surface area contributed by atoms with Crippen LogP contribution in [0.4, 0.5) is 0 Å². The van der Waals surface area contributed by atoms with Crippen molar-refractivity contribution in [3.63, 3.8) is 0 Å². The van der Waals surface area contributed by atoms with E-state index < -0.39 is 35.9 Å². The second-order valence-corrected chi connectivity index (χ2v) is 6.37. The first-order chi connectivity index (χ1) is 12.1. The lowest BCUT2D eigenvalue weighted by Gasteiger charge is -2.24. The fourth-order valence-electron chi connectivity index (χ4n) is 2.01. The van der Waals surface area contributed by atoms with E-state index in [0.717, 1.165) is 0 Å². The Labute approximate surface area is 158 Å². The fraction of sp³-hybridized carbons (Fsp3) is 0.733. The molecule has 0 aliphatic rings. The van der Waals surface area contributed by atoms with Crippen LogP contribution in [0.5, 0.6) is 0 Å². The summed E-state index contributed by atoms with van der Waals surface area (Å²) in [7, 11) is 0. The van der Waals surface area contributed by atoms with Gasteiger partial charge in [0.2, 0.25) is 11.8 Å². The van der Waals surface area contributed by atoms with E-state index in [2.05, 4.69) is 28.3 Å². The number of carbonyl (C=O) groups is 3. The number of rotatable bonds is 12. The molecule has 11 heteroatoms. The van der Waals surface area contributed by atoms with Crippen LogP contribution in [0.1, 0.15) is 33.1 Å².